The Hall–Kier alpha value is -1.76. The SMILES string of the molecule is CCNCc1cccc(SCc2cccc(C#N)c2)c1. The van der Waals surface area contributed by atoms with Crippen molar-refractivity contribution in [2.24, 2.45) is 0 Å². The van der Waals surface area contributed by atoms with Crippen molar-refractivity contribution in [1.29, 1.82) is 5.26 Å². The molecule has 0 spiro atoms. The Morgan fingerprint density at radius 3 is 2.70 bits per heavy atom. The van der Waals surface area contributed by atoms with Gasteiger partial charge in [-0.15, -0.1) is 11.8 Å². The molecule has 102 valence electrons. The quantitative estimate of drug-likeness (QED) is 0.815. The first-order valence-corrected chi connectivity index (χ1v) is 7.72. The second-order valence-corrected chi connectivity index (χ2v) is 5.58. The maximum absolute atomic E-state index is 8.90. The highest BCUT2D eigenvalue weighted by Crippen LogP contribution is 2.24. The Bertz CT molecular complexity index is 602. The fraction of sp³-hybridized carbons (Fsp3) is 0.235. The Kier molecular flexibility index (Phi) is 5.67. The summed E-state index contributed by atoms with van der Waals surface area (Å²) in [6, 6.07) is 18.6. The summed E-state index contributed by atoms with van der Waals surface area (Å²) in [6.07, 6.45) is 0. The lowest BCUT2D eigenvalue weighted by Gasteiger charge is -2.06. The van der Waals surface area contributed by atoms with Gasteiger partial charge in [-0.1, -0.05) is 31.2 Å². The van der Waals surface area contributed by atoms with Gasteiger partial charge in [0.15, 0.2) is 0 Å². The standard InChI is InChI=1S/C17H18N2S/c1-2-19-12-15-6-4-8-17(10-15)20-13-16-7-3-5-14(9-16)11-18/h3-10,19H,2,12-13H2,1H3. The van der Waals surface area contributed by atoms with Crippen LogP contribution in [0.1, 0.15) is 23.6 Å². The lowest BCUT2D eigenvalue weighted by atomic mass is 10.2. The van der Waals surface area contributed by atoms with E-state index in [0.717, 1.165) is 24.4 Å². The van der Waals surface area contributed by atoms with E-state index >= 15 is 0 Å². The van der Waals surface area contributed by atoms with Crippen LogP contribution in [0, 0.1) is 11.3 Å². The molecular formula is C17H18N2S. The van der Waals surface area contributed by atoms with E-state index in [1.54, 1.807) is 11.8 Å². The maximum atomic E-state index is 8.90. The van der Waals surface area contributed by atoms with Crippen LogP contribution < -0.4 is 5.32 Å². The minimum absolute atomic E-state index is 0.726. The van der Waals surface area contributed by atoms with Gasteiger partial charge in [0.2, 0.25) is 0 Å². The van der Waals surface area contributed by atoms with Crippen LogP contribution in [-0.2, 0) is 12.3 Å². The van der Waals surface area contributed by atoms with E-state index in [4.69, 9.17) is 5.26 Å². The Balaban J connectivity index is 1.98. The summed E-state index contributed by atoms with van der Waals surface area (Å²) in [5.74, 6) is 0.889. The minimum Gasteiger partial charge on any atom is -0.313 e. The summed E-state index contributed by atoms with van der Waals surface area (Å²) in [4.78, 5) is 1.27. The molecule has 2 nitrogen and oxygen atoms in total. The number of hydrogen-bond donors (Lipinski definition) is 1. The van der Waals surface area contributed by atoms with Crippen LogP contribution in [0.2, 0.25) is 0 Å². The number of nitrogens with one attached hydrogen (secondary N) is 1. The van der Waals surface area contributed by atoms with Crippen LogP contribution in [0.15, 0.2) is 53.4 Å². The Morgan fingerprint density at radius 1 is 1.10 bits per heavy atom. The zero-order valence-corrected chi connectivity index (χ0v) is 12.4. The molecular weight excluding hydrogens is 264 g/mol. The van der Waals surface area contributed by atoms with Gasteiger partial charge in [-0.25, -0.2) is 0 Å². The molecule has 20 heavy (non-hydrogen) atoms. The highest BCUT2D eigenvalue weighted by atomic mass is 32.2. The number of benzene rings is 2. The number of rotatable bonds is 6. The summed E-state index contributed by atoms with van der Waals surface area (Å²) in [5.41, 5.74) is 3.22. The first-order valence-electron chi connectivity index (χ1n) is 6.73. The van der Waals surface area contributed by atoms with E-state index in [0.29, 0.717) is 0 Å². The molecule has 1 N–H and O–H groups in total. The maximum Gasteiger partial charge on any atom is 0.0991 e. The van der Waals surface area contributed by atoms with E-state index in [2.05, 4.69) is 48.6 Å². The van der Waals surface area contributed by atoms with Gasteiger partial charge in [0, 0.05) is 17.2 Å². The summed E-state index contributed by atoms with van der Waals surface area (Å²) >= 11 is 1.80. The lowest BCUT2D eigenvalue weighted by molar-refractivity contribution is 0.725. The molecule has 0 amide bonds. The van der Waals surface area contributed by atoms with Gasteiger partial charge in [0.05, 0.1) is 11.6 Å². The molecule has 0 heterocycles. The monoisotopic (exact) mass is 282 g/mol. The number of nitriles is 1. The Labute approximate surface area is 124 Å². The molecule has 0 unspecified atom stereocenters. The fourth-order valence-corrected chi connectivity index (χ4v) is 2.83. The summed E-state index contributed by atoms with van der Waals surface area (Å²) < 4.78 is 0. The van der Waals surface area contributed by atoms with Crippen molar-refractivity contribution >= 4 is 11.8 Å². The van der Waals surface area contributed by atoms with Crippen LogP contribution in [0.5, 0.6) is 0 Å². The third-order valence-electron chi connectivity index (χ3n) is 2.94. The molecule has 0 aliphatic carbocycles. The molecule has 3 heteroatoms. The molecule has 2 rings (SSSR count). The van der Waals surface area contributed by atoms with Crippen molar-refractivity contribution in [3.8, 4) is 6.07 Å². The number of thioether (sulfide) groups is 1. The van der Waals surface area contributed by atoms with Crippen molar-refractivity contribution in [3.05, 3.63) is 65.2 Å². The average Bonchev–Trinajstić information content (AvgIpc) is 2.51. The van der Waals surface area contributed by atoms with Crippen molar-refractivity contribution in [1.82, 2.24) is 5.32 Å². The Morgan fingerprint density at radius 2 is 1.90 bits per heavy atom. The highest BCUT2D eigenvalue weighted by Gasteiger charge is 1.99. The van der Waals surface area contributed by atoms with E-state index in [1.807, 2.05) is 18.2 Å². The van der Waals surface area contributed by atoms with E-state index in [1.165, 1.54) is 16.0 Å². The fourth-order valence-electron chi connectivity index (χ4n) is 1.91. The molecule has 0 radical (unpaired) electrons. The average molecular weight is 282 g/mol. The van der Waals surface area contributed by atoms with Gasteiger partial charge < -0.3 is 5.32 Å². The van der Waals surface area contributed by atoms with Crippen LogP contribution in [0.25, 0.3) is 0 Å². The van der Waals surface area contributed by atoms with Crippen LogP contribution >= 0.6 is 11.8 Å². The molecule has 0 saturated heterocycles. The second kappa shape index (κ2) is 7.74. The normalized spacial score (nSPS) is 10.2. The minimum atomic E-state index is 0.726. The zero-order valence-electron chi connectivity index (χ0n) is 11.6. The van der Waals surface area contributed by atoms with Gasteiger partial charge in [-0.2, -0.15) is 5.26 Å². The predicted octanol–water partition coefficient (Wildman–Crippen LogP) is 3.96. The predicted molar refractivity (Wildman–Crippen MR) is 84.5 cm³/mol. The molecule has 0 atom stereocenters. The van der Waals surface area contributed by atoms with Crippen LogP contribution in [-0.4, -0.2) is 6.54 Å². The molecule has 0 aromatic heterocycles. The smallest absolute Gasteiger partial charge is 0.0991 e. The third kappa shape index (κ3) is 4.41. The molecule has 0 fully saturated rings. The van der Waals surface area contributed by atoms with Gasteiger partial charge in [-0.05, 0) is 41.9 Å². The van der Waals surface area contributed by atoms with Crippen molar-refractivity contribution in [2.45, 2.75) is 24.1 Å². The highest BCUT2D eigenvalue weighted by molar-refractivity contribution is 7.98. The summed E-state index contributed by atoms with van der Waals surface area (Å²) in [7, 11) is 0. The molecule has 0 aliphatic rings. The summed E-state index contributed by atoms with van der Waals surface area (Å²) in [6.45, 7) is 4.01. The van der Waals surface area contributed by atoms with Gasteiger partial charge in [0.25, 0.3) is 0 Å². The third-order valence-corrected chi connectivity index (χ3v) is 4.00. The zero-order chi connectivity index (χ0) is 14.2. The molecule has 0 saturated carbocycles. The number of hydrogen-bond acceptors (Lipinski definition) is 3. The van der Waals surface area contributed by atoms with E-state index < -0.39 is 0 Å². The van der Waals surface area contributed by atoms with Crippen LogP contribution in [0.3, 0.4) is 0 Å². The van der Waals surface area contributed by atoms with Crippen molar-refractivity contribution in [2.75, 3.05) is 6.54 Å². The second-order valence-electron chi connectivity index (χ2n) is 4.53. The van der Waals surface area contributed by atoms with Gasteiger partial charge >= 0.3 is 0 Å². The molecule has 0 bridgehead atoms. The van der Waals surface area contributed by atoms with E-state index in [9.17, 15) is 0 Å². The van der Waals surface area contributed by atoms with Crippen LogP contribution in [0.4, 0.5) is 0 Å². The van der Waals surface area contributed by atoms with Gasteiger partial charge in [-0.3, -0.25) is 0 Å². The largest absolute Gasteiger partial charge is 0.313 e. The van der Waals surface area contributed by atoms with Crippen molar-refractivity contribution < 1.29 is 0 Å². The van der Waals surface area contributed by atoms with Crippen molar-refractivity contribution in [3.63, 3.8) is 0 Å². The molecule has 0 aliphatic heterocycles. The first-order chi connectivity index (χ1) is 9.81. The molecule has 2 aromatic carbocycles. The van der Waals surface area contributed by atoms with Gasteiger partial charge in [0.1, 0.15) is 0 Å². The summed E-state index contributed by atoms with van der Waals surface area (Å²) in [5, 5.41) is 12.2. The lowest BCUT2D eigenvalue weighted by Crippen LogP contribution is -2.11. The molecule has 2 aromatic rings. The first kappa shape index (κ1) is 14.6. The number of nitrogens with zero attached hydrogens (tertiary/aromatic N) is 1. The topological polar surface area (TPSA) is 35.8 Å². The van der Waals surface area contributed by atoms with E-state index in [-0.39, 0.29) is 0 Å².